The van der Waals surface area contributed by atoms with Crippen molar-refractivity contribution in [2.75, 3.05) is 20.8 Å². The summed E-state index contributed by atoms with van der Waals surface area (Å²) in [6.45, 7) is 3.33. The number of carbonyl (C=O) groups is 1. The van der Waals surface area contributed by atoms with E-state index in [4.69, 9.17) is 9.47 Å². The van der Waals surface area contributed by atoms with Gasteiger partial charge in [-0.2, -0.15) is 0 Å². The lowest BCUT2D eigenvalue weighted by molar-refractivity contribution is 0.0939. The molecule has 0 saturated carbocycles. The van der Waals surface area contributed by atoms with E-state index in [1.165, 1.54) is 0 Å². The summed E-state index contributed by atoms with van der Waals surface area (Å²) in [4.78, 5) is 12.1. The Kier molecular flexibility index (Phi) is 6.63. The number of ether oxygens (including phenoxy) is 2. The second-order valence-electron chi connectivity index (χ2n) is 5.56. The molecule has 128 valence electrons. The second kappa shape index (κ2) is 8.93. The number of carbonyl (C=O) groups excluding carboxylic acids is 1. The van der Waals surface area contributed by atoms with Crippen LogP contribution in [0.3, 0.4) is 0 Å². The fraction of sp³-hybridized carbons (Fsp3) is 0.316. The number of benzene rings is 2. The molecule has 0 aromatic heterocycles. The molecule has 0 unspecified atom stereocenters. The Morgan fingerprint density at radius 3 is 2.42 bits per heavy atom. The van der Waals surface area contributed by atoms with Crippen LogP contribution in [0.4, 0.5) is 0 Å². The highest BCUT2D eigenvalue weighted by Crippen LogP contribution is 2.27. The molecule has 5 nitrogen and oxygen atoms in total. The Morgan fingerprint density at radius 2 is 1.75 bits per heavy atom. The lowest BCUT2D eigenvalue weighted by Gasteiger charge is -2.15. The van der Waals surface area contributed by atoms with E-state index in [0.29, 0.717) is 30.2 Å². The van der Waals surface area contributed by atoms with Gasteiger partial charge in [-0.15, -0.1) is 0 Å². The van der Waals surface area contributed by atoms with E-state index in [-0.39, 0.29) is 11.9 Å². The largest absolute Gasteiger partial charge is 0.493 e. The molecule has 1 amide bonds. The maximum atomic E-state index is 12.1. The third-order valence-electron chi connectivity index (χ3n) is 3.64. The van der Waals surface area contributed by atoms with E-state index >= 15 is 0 Å². The molecule has 2 aromatic carbocycles. The van der Waals surface area contributed by atoms with E-state index in [1.807, 2.05) is 43.3 Å². The van der Waals surface area contributed by atoms with Crippen molar-refractivity contribution in [1.29, 1.82) is 0 Å². The van der Waals surface area contributed by atoms with Crippen LogP contribution in [0.1, 0.15) is 22.8 Å². The van der Waals surface area contributed by atoms with Gasteiger partial charge in [0.25, 0.3) is 5.91 Å². The van der Waals surface area contributed by atoms with Gasteiger partial charge in [0.2, 0.25) is 0 Å². The van der Waals surface area contributed by atoms with Crippen molar-refractivity contribution < 1.29 is 14.3 Å². The van der Waals surface area contributed by atoms with Crippen molar-refractivity contribution in [2.45, 2.75) is 19.5 Å². The van der Waals surface area contributed by atoms with Crippen molar-refractivity contribution in [3.05, 3.63) is 59.7 Å². The van der Waals surface area contributed by atoms with E-state index < -0.39 is 0 Å². The van der Waals surface area contributed by atoms with Gasteiger partial charge in [-0.25, -0.2) is 0 Å². The normalized spacial score (nSPS) is 11.6. The van der Waals surface area contributed by atoms with Crippen LogP contribution in [0.2, 0.25) is 0 Å². The van der Waals surface area contributed by atoms with Crippen LogP contribution in [-0.2, 0) is 6.54 Å². The standard InChI is InChI=1S/C19H24N2O3/c1-14(21-19(22)16-7-5-4-6-8-16)12-20-13-15-9-10-17(23-2)18(11-15)24-3/h4-11,14,20H,12-13H2,1-3H3,(H,21,22)/t14-/m1/s1. The lowest BCUT2D eigenvalue weighted by atomic mass is 10.2. The van der Waals surface area contributed by atoms with Crippen molar-refractivity contribution >= 4 is 5.91 Å². The smallest absolute Gasteiger partial charge is 0.251 e. The Labute approximate surface area is 143 Å². The molecule has 0 bridgehead atoms. The molecular formula is C19H24N2O3. The average molecular weight is 328 g/mol. The lowest BCUT2D eigenvalue weighted by Crippen LogP contribution is -2.39. The predicted molar refractivity (Wildman–Crippen MR) is 94.6 cm³/mol. The van der Waals surface area contributed by atoms with Gasteiger partial charge in [0.15, 0.2) is 11.5 Å². The van der Waals surface area contributed by atoms with Crippen LogP contribution in [0.5, 0.6) is 11.5 Å². The highest BCUT2D eigenvalue weighted by atomic mass is 16.5. The van der Waals surface area contributed by atoms with Crippen LogP contribution < -0.4 is 20.1 Å². The summed E-state index contributed by atoms with van der Waals surface area (Å²) in [5.41, 5.74) is 1.76. The molecule has 0 heterocycles. The minimum Gasteiger partial charge on any atom is -0.493 e. The molecule has 2 aromatic rings. The highest BCUT2D eigenvalue weighted by Gasteiger charge is 2.09. The number of amides is 1. The summed E-state index contributed by atoms with van der Waals surface area (Å²) in [5, 5.41) is 6.31. The van der Waals surface area contributed by atoms with Crippen LogP contribution >= 0.6 is 0 Å². The van der Waals surface area contributed by atoms with E-state index in [1.54, 1.807) is 26.4 Å². The van der Waals surface area contributed by atoms with Gasteiger partial charge in [0.05, 0.1) is 14.2 Å². The third-order valence-corrected chi connectivity index (χ3v) is 3.64. The number of methoxy groups -OCH3 is 2. The minimum absolute atomic E-state index is 0.0258. The molecule has 24 heavy (non-hydrogen) atoms. The summed E-state index contributed by atoms with van der Waals surface area (Å²) in [6.07, 6.45) is 0. The average Bonchev–Trinajstić information content (AvgIpc) is 2.62. The highest BCUT2D eigenvalue weighted by molar-refractivity contribution is 5.94. The fourth-order valence-corrected chi connectivity index (χ4v) is 2.37. The van der Waals surface area contributed by atoms with Gasteiger partial charge in [-0.05, 0) is 36.8 Å². The van der Waals surface area contributed by atoms with Crippen molar-refractivity contribution in [3.8, 4) is 11.5 Å². The Hall–Kier alpha value is -2.53. The second-order valence-corrected chi connectivity index (χ2v) is 5.56. The Bertz CT molecular complexity index is 659. The van der Waals surface area contributed by atoms with Crippen molar-refractivity contribution in [1.82, 2.24) is 10.6 Å². The molecule has 5 heteroatoms. The van der Waals surface area contributed by atoms with Gasteiger partial charge < -0.3 is 20.1 Å². The molecule has 1 atom stereocenters. The molecule has 0 aliphatic carbocycles. The van der Waals surface area contributed by atoms with E-state index in [2.05, 4.69) is 10.6 Å². The van der Waals surface area contributed by atoms with Gasteiger partial charge in [-0.3, -0.25) is 4.79 Å². The number of hydrogen-bond acceptors (Lipinski definition) is 4. The SMILES string of the molecule is COc1ccc(CNC[C@@H](C)NC(=O)c2ccccc2)cc1OC. The van der Waals surface area contributed by atoms with Gasteiger partial charge in [-0.1, -0.05) is 24.3 Å². The monoisotopic (exact) mass is 328 g/mol. The van der Waals surface area contributed by atoms with E-state index in [9.17, 15) is 4.79 Å². The molecule has 0 aliphatic heterocycles. The number of nitrogens with one attached hydrogen (secondary N) is 2. The van der Waals surface area contributed by atoms with Gasteiger partial charge in [0.1, 0.15) is 0 Å². The van der Waals surface area contributed by atoms with Crippen molar-refractivity contribution in [3.63, 3.8) is 0 Å². The summed E-state index contributed by atoms with van der Waals surface area (Å²) >= 11 is 0. The first-order chi connectivity index (χ1) is 11.6. The molecule has 0 spiro atoms. The number of hydrogen-bond donors (Lipinski definition) is 2. The summed E-state index contributed by atoms with van der Waals surface area (Å²) < 4.78 is 10.5. The summed E-state index contributed by atoms with van der Waals surface area (Å²) in [6, 6.07) is 15.1. The first kappa shape index (κ1) is 17.8. The third kappa shape index (κ3) is 4.99. The molecule has 0 fully saturated rings. The van der Waals surface area contributed by atoms with Crippen LogP contribution in [0.25, 0.3) is 0 Å². The van der Waals surface area contributed by atoms with E-state index in [0.717, 1.165) is 5.56 Å². The van der Waals surface area contributed by atoms with Crippen molar-refractivity contribution in [2.24, 2.45) is 0 Å². The van der Waals surface area contributed by atoms with Crippen LogP contribution in [0, 0.1) is 0 Å². The number of rotatable bonds is 8. The zero-order chi connectivity index (χ0) is 17.4. The molecule has 0 aliphatic rings. The zero-order valence-corrected chi connectivity index (χ0v) is 14.3. The predicted octanol–water partition coefficient (Wildman–Crippen LogP) is 2.61. The molecule has 0 radical (unpaired) electrons. The molecule has 2 N–H and O–H groups in total. The first-order valence-electron chi connectivity index (χ1n) is 7.91. The summed E-state index contributed by atoms with van der Waals surface area (Å²) in [5.74, 6) is 1.36. The topological polar surface area (TPSA) is 59.6 Å². The summed E-state index contributed by atoms with van der Waals surface area (Å²) in [7, 11) is 3.24. The van der Waals surface area contributed by atoms with Gasteiger partial charge in [0, 0.05) is 24.7 Å². The molecule has 2 rings (SSSR count). The van der Waals surface area contributed by atoms with Crippen LogP contribution in [0.15, 0.2) is 48.5 Å². The molecule has 0 saturated heterocycles. The fourth-order valence-electron chi connectivity index (χ4n) is 2.37. The molecular weight excluding hydrogens is 304 g/mol. The Morgan fingerprint density at radius 1 is 1.04 bits per heavy atom. The maximum Gasteiger partial charge on any atom is 0.251 e. The first-order valence-corrected chi connectivity index (χ1v) is 7.91. The van der Waals surface area contributed by atoms with Crippen LogP contribution in [-0.4, -0.2) is 32.7 Å². The zero-order valence-electron chi connectivity index (χ0n) is 14.3. The quantitative estimate of drug-likeness (QED) is 0.782. The minimum atomic E-state index is -0.0592. The maximum absolute atomic E-state index is 12.1. The Balaban J connectivity index is 1.80. The van der Waals surface area contributed by atoms with Gasteiger partial charge >= 0.3 is 0 Å².